The summed E-state index contributed by atoms with van der Waals surface area (Å²) in [4.78, 5) is 9.10. The zero-order valence-electron chi connectivity index (χ0n) is 3.94. The summed E-state index contributed by atoms with van der Waals surface area (Å²) in [5, 5.41) is 0. The number of hydrogen-bond acceptors (Lipinski definition) is 1. The first-order valence-electron chi connectivity index (χ1n) is 0.932. The SMILES string of the molecule is NC(=O)NF.[Al].[Na]. The van der Waals surface area contributed by atoms with Crippen LogP contribution in [0.2, 0.25) is 0 Å². The third-order valence-corrected chi connectivity index (χ3v) is 0.0931. The molecule has 0 bridgehead atoms. The minimum Gasteiger partial charge on any atom is -0.350 e. The van der Waals surface area contributed by atoms with Crippen LogP contribution < -0.4 is 11.3 Å². The van der Waals surface area contributed by atoms with Gasteiger partial charge in [0.2, 0.25) is 0 Å². The summed E-state index contributed by atoms with van der Waals surface area (Å²) < 4.78 is 10.4. The van der Waals surface area contributed by atoms with Crippen molar-refractivity contribution in [1.82, 2.24) is 5.54 Å². The van der Waals surface area contributed by atoms with Crippen molar-refractivity contribution in [3.8, 4) is 0 Å². The van der Waals surface area contributed by atoms with E-state index < -0.39 is 6.03 Å². The van der Waals surface area contributed by atoms with Crippen LogP contribution in [-0.4, -0.2) is 52.9 Å². The Bertz CT molecular complexity index is 53.0. The number of primary amides is 1. The van der Waals surface area contributed by atoms with Crippen LogP contribution in [0.3, 0.4) is 0 Å². The Balaban J connectivity index is -0.0000000800. The maximum absolute atomic E-state index is 10.4. The van der Waals surface area contributed by atoms with Crippen molar-refractivity contribution in [2.45, 2.75) is 0 Å². The largest absolute Gasteiger partial charge is 0.350 e. The van der Waals surface area contributed by atoms with Crippen LogP contribution in [-0.2, 0) is 0 Å². The number of nitrogens with one attached hydrogen (secondary N) is 1. The molecule has 7 heavy (non-hydrogen) atoms. The van der Waals surface area contributed by atoms with E-state index in [0.717, 1.165) is 0 Å². The molecule has 3 N–H and O–H groups in total. The molecule has 6 heteroatoms. The molecular formula is CH3AlFN2NaO. The Hall–Kier alpha value is 0.732. The molecular weight excluding hydrogens is 125 g/mol. The minimum atomic E-state index is -1.16. The molecule has 0 heterocycles. The Kier molecular flexibility index (Phi) is 22.1. The van der Waals surface area contributed by atoms with Gasteiger partial charge in [-0.2, -0.15) is 5.54 Å². The van der Waals surface area contributed by atoms with Crippen LogP contribution in [0.4, 0.5) is 9.28 Å². The molecule has 0 aromatic carbocycles. The van der Waals surface area contributed by atoms with E-state index in [4.69, 9.17) is 4.79 Å². The average Bonchev–Trinajstić information content (AvgIpc) is 1.38. The molecule has 0 saturated carbocycles. The smallest absolute Gasteiger partial charge is 0.340 e. The molecule has 3 nitrogen and oxygen atoms in total. The fourth-order valence-corrected chi connectivity index (χ4v) is 0. The fourth-order valence-electron chi connectivity index (χ4n) is 0. The van der Waals surface area contributed by atoms with Crippen molar-refractivity contribution in [1.29, 1.82) is 0 Å². The van der Waals surface area contributed by atoms with Crippen molar-refractivity contribution in [2.75, 3.05) is 0 Å². The van der Waals surface area contributed by atoms with Gasteiger partial charge >= 0.3 is 6.03 Å². The van der Waals surface area contributed by atoms with E-state index >= 15 is 0 Å². The van der Waals surface area contributed by atoms with Crippen molar-refractivity contribution in [3.63, 3.8) is 0 Å². The molecule has 0 unspecified atom stereocenters. The summed E-state index contributed by atoms with van der Waals surface area (Å²) >= 11 is 0. The average molecular weight is 128 g/mol. The molecule has 0 aliphatic rings. The van der Waals surface area contributed by atoms with Gasteiger partial charge in [0.15, 0.2) is 0 Å². The molecule has 0 fully saturated rings. The van der Waals surface area contributed by atoms with Gasteiger partial charge in [-0.15, -0.1) is 0 Å². The van der Waals surface area contributed by atoms with E-state index in [1.165, 1.54) is 0 Å². The van der Waals surface area contributed by atoms with E-state index in [1.54, 1.807) is 0 Å². The summed E-state index contributed by atoms with van der Waals surface area (Å²) in [5.74, 6) is 0. The van der Waals surface area contributed by atoms with E-state index in [9.17, 15) is 4.48 Å². The van der Waals surface area contributed by atoms with E-state index in [0.29, 0.717) is 5.54 Å². The predicted octanol–water partition coefficient (Wildman–Crippen LogP) is -1.22. The van der Waals surface area contributed by atoms with Crippen LogP contribution >= 0.6 is 0 Å². The maximum Gasteiger partial charge on any atom is 0.340 e. The number of carbonyl (C=O) groups is 1. The molecule has 4 radical (unpaired) electrons. The van der Waals surface area contributed by atoms with Crippen LogP contribution in [0.15, 0.2) is 0 Å². The zero-order chi connectivity index (χ0) is 4.28. The number of amides is 2. The summed E-state index contributed by atoms with van der Waals surface area (Å²) in [6, 6.07) is -1.16. The number of carbonyl (C=O) groups excluding carboxylic acids is 1. The third-order valence-electron chi connectivity index (χ3n) is 0.0931. The van der Waals surface area contributed by atoms with E-state index in [2.05, 4.69) is 5.73 Å². The van der Waals surface area contributed by atoms with Crippen molar-refractivity contribution < 1.29 is 9.28 Å². The first-order chi connectivity index (χ1) is 2.27. The van der Waals surface area contributed by atoms with Gasteiger partial charge in [-0.3, -0.25) is 0 Å². The first kappa shape index (κ1) is 15.6. The van der Waals surface area contributed by atoms with Gasteiger partial charge < -0.3 is 5.73 Å². The monoisotopic (exact) mass is 128 g/mol. The van der Waals surface area contributed by atoms with E-state index in [-0.39, 0.29) is 46.9 Å². The first-order valence-corrected chi connectivity index (χ1v) is 0.932. The molecule has 0 rings (SSSR count). The number of rotatable bonds is 0. The quantitative estimate of drug-likeness (QED) is 0.311. The number of nitrogens with two attached hydrogens (primary N) is 1. The summed E-state index contributed by atoms with van der Waals surface area (Å²) in [5.41, 5.74) is 4.83. The Labute approximate surface area is 73.2 Å². The van der Waals surface area contributed by atoms with Crippen molar-refractivity contribution in [3.05, 3.63) is 0 Å². The molecule has 0 aromatic rings. The summed E-state index contributed by atoms with van der Waals surface area (Å²) in [6.45, 7) is 0. The van der Waals surface area contributed by atoms with Gasteiger partial charge in [0, 0.05) is 46.9 Å². The van der Waals surface area contributed by atoms with Crippen LogP contribution in [0.5, 0.6) is 0 Å². The van der Waals surface area contributed by atoms with Gasteiger partial charge in [-0.1, -0.05) is 4.48 Å². The standard InChI is InChI=1S/CH3FN2O.Al.Na/c2-4-1(3)5;;/h(H3,3,4,5);;. The van der Waals surface area contributed by atoms with Gasteiger partial charge in [-0.05, 0) is 0 Å². The second-order valence-electron chi connectivity index (χ2n) is 0.459. The van der Waals surface area contributed by atoms with Crippen molar-refractivity contribution in [2.24, 2.45) is 5.73 Å². The Morgan fingerprint density at radius 2 is 1.86 bits per heavy atom. The minimum absolute atomic E-state index is 0. The van der Waals surface area contributed by atoms with Gasteiger partial charge in [-0.25, -0.2) is 4.79 Å². The number of hydrogen-bond donors (Lipinski definition) is 2. The third kappa shape index (κ3) is 20.2. The second kappa shape index (κ2) is 9.88. The molecule has 0 aromatic heterocycles. The number of urea groups is 1. The normalized spacial score (nSPS) is 4.71. The fraction of sp³-hybridized carbons (Fsp3) is 0. The summed E-state index contributed by atoms with van der Waals surface area (Å²) in [7, 11) is 0. The van der Waals surface area contributed by atoms with Crippen LogP contribution in [0.1, 0.15) is 0 Å². The topological polar surface area (TPSA) is 55.1 Å². The molecule has 0 saturated heterocycles. The maximum atomic E-state index is 10.4. The second-order valence-corrected chi connectivity index (χ2v) is 0.459. The molecule has 34 valence electrons. The van der Waals surface area contributed by atoms with Crippen LogP contribution in [0.25, 0.3) is 0 Å². The Morgan fingerprint density at radius 1 is 1.71 bits per heavy atom. The van der Waals surface area contributed by atoms with Gasteiger partial charge in [0.1, 0.15) is 0 Å². The van der Waals surface area contributed by atoms with Crippen LogP contribution in [0, 0.1) is 0 Å². The van der Waals surface area contributed by atoms with Crippen molar-refractivity contribution >= 4 is 52.9 Å². The predicted molar refractivity (Wildman–Crippen MR) is 25.3 cm³/mol. The molecule has 2 amide bonds. The number of halogens is 1. The Morgan fingerprint density at radius 3 is 1.86 bits per heavy atom. The molecule has 0 atom stereocenters. The van der Waals surface area contributed by atoms with E-state index in [1.807, 2.05) is 0 Å². The van der Waals surface area contributed by atoms with Gasteiger partial charge in [0.25, 0.3) is 0 Å². The van der Waals surface area contributed by atoms with Gasteiger partial charge in [0.05, 0.1) is 0 Å². The summed E-state index contributed by atoms with van der Waals surface area (Å²) in [6.07, 6.45) is 0. The zero-order valence-corrected chi connectivity index (χ0v) is 7.10. The molecule has 0 aliphatic carbocycles. The molecule has 0 aliphatic heterocycles. The molecule has 0 spiro atoms.